The van der Waals surface area contributed by atoms with Gasteiger partial charge in [0.05, 0.1) is 17.9 Å². The molecule has 1 N–H and O–H groups in total. The van der Waals surface area contributed by atoms with Gasteiger partial charge in [-0.15, -0.1) is 0 Å². The van der Waals surface area contributed by atoms with Gasteiger partial charge >= 0.3 is 0 Å². The number of aromatic amines is 1. The van der Waals surface area contributed by atoms with Gasteiger partial charge in [0, 0.05) is 19.8 Å². The predicted octanol–water partition coefficient (Wildman–Crippen LogP) is 2.01. The van der Waals surface area contributed by atoms with Gasteiger partial charge in [-0.25, -0.2) is 4.68 Å². The van der Waals surface area contributed by atoms with Crippen LogP contribution < -0.4 is 0 Å². The largest absolute Gasteiger partial charge is 0.328 e. The molecule has 0 radical (unpaired) electrons. The van der Waals surface area contributed by atoms with E-state index in [1.165, 1.54) is 0 Å². The number of H-pyrrole nitrogens is 1. The molecule has 3 aromatic heterocycles. The first-order valence-electron chi connectivity index (χ1n) is 6.24. The number of rotatable bonds is 3. The number of hydrogen-bond acceptors (Lipinski definition) is 3. The van der Waals surface area contributed by atoms with E-state index in [2.05, 4.69) is 26.7 Å². The Morgan fingerprint density at radius 1 is 1.42 bits per heavy atom. The summed E-state index contributed by atoms with van der Waals surface area (Å²) in [7, 11) is 1.94. The van der Waals surface area contributed by atoms with Crippen LogP contribution in [0.4, 0.5) is 0 Å². The van der Waals surface area contributed by atoms with Crippen LogP contribution in [0.25, 0.3) is 11.2 Å². The maximum Gasteiger partial charge on any atom is 0.179 e. The molecule has 0 saturated heterocycles. The zero-order valence-electron chi connectivity index (χ0n) is 11.2. The first-order chi connectivity index (χ1) is 9.11. The van der Waals surface area contributed by atoms with Gasteiger partial charge in [0.15, 0.2) is 10.4 Å². The maximum atomic E-state index is 5.43. The molecule has 0 fully saturated rings. The van der Waals surface area contributed by atoms with Gasteiger partial charge in [0.25, 0.3) is 0 Å². The van der Waals surface area contributed by atoms with Crippen molar-refractivity contribution in [2.24, 2.45) is 7.05 Å². The molecule has 7 heteroatoms. The van der Waals surface area contributed by atoms with Crippen molar-refractivity contribution in [1.29, 1.82) is 0 Å². The van der Waals surface area contributed by atoms with Crippen molar-refractivity contribution in [1.82, 2.24) is 29.1 Å². The molecule has 0 bridgehead atoms. The third-order valence-electron chi connectivity index (χ3n) is 3.38. The van der Waals surface area contributed by atoms with Crippen LogP contribution in [0.2, 0.25) is 0 Å². The Morgan fingerprint density at radius 3 is 2.84 bits per heavy atom. The molecule has 0 saturated carbocycles. The first kappa shape index (κ1) is 12.2. The molecule has 6 nitrogen and oxygen atoms in total. The van der Waals surface area contributed by atoms with E-state index in [4.69, 9.17) is 12.2 Å². The van der Waals surface area contributed by atoms with E-state index >= 15 is 0 Å². The Kier molecular flexibility index (Phi) is 2.78. The van der Waals surface area contributed by atoms with Crippen LogP contribution in [0, 0.1) is 11.7 Å². The van der Waals surface area contributed by atoms with E-state index in [1.807, 2.05) is 29.4 Å². The van der Waals surface area contributed by atoms with E-state index < -0.39 is 0 Å². The normalized spacial score (nSPS) is 11.5. The monoisotopic (exact) mass is 276 g/mol. The average molecular weight is 276 g/mol. The molecular weight excluding hydrogens is 260 g/mol. The van der Waals surface area contributed by atoms with Gasteiger partial charge in [0.2, 0.25) is 0 Å². The quantitative estimate of drug-likeness (QED) is 0.744. The lowest BCUT2D eigenvalue weighted by molar-refractivity contribution is 0.624. The molecule has 100 valence electrons. The molecule has 0 aliphatic heterocycles. The average Bonchev–Trinajstić information content (AvgIpc) is 3.01. The van der Waals surface area contributed by atoms with Gasteiger partial charge in [-0.05, 0) is 32.1 Å². The highest BCUT2D eigenvalue weighted by molar-refractivity contribution is 7.71. The standard InChI is InChI=1S/C12H16N6S/c1-4-18-11-10(8(2)15-18)14-12(19)17(11)7-9-5-6-13-16(9)3/h5-6H,4,7H2,1-3H3,(H,14,19). The number of aryl methyl sites for hydroxylation is 3. The highest BCUT2D eigenvalue weighted by Gasteiger charge is 2.14. The molecule has 3 heterocycles. The van der Waals surface area contributed by atoms with Crippen LogP contribution in [0.3, 0.4) is 0 Å². The van der Waals surface area contributed by atoms with Crippen molar-refractivity contribution in [2.75, 3.05) is 0 Å². The summed E-state index contributed by atoms with van der Waals surface area (Å²) >= 11 is 5.43. The van der Waals surface area contributed by atoms with Crippen molar-refractivity contribution in [3.05, 3.63) is 28.4 Å². The Labute approximate surface area is 115 Å². The smallest absolute Gasteiger partial charge is 0.179 e. The van der Waals surface area contributed by atoms with Gasteiger partial charge in [0.1, 0.15) is 5.52 Å². The molecule has 0 aliphatic carbocycles. The van der Waals surface area contributed by atoms with Crippen molar-refractivity contribution < 1.29 is 0 Å². The summed E-state index contributed by atoms with van der Waals surface area (Å²) in [6, 6.07) is 2.00. The van der Waals surface area contributed by atoms with Gasteiger partial charge in [-0.3, -0.25) is 9.25 Å². The van der Waals surface area contributed by atoms with Crippen molar-refractivity contribution in [3.63, 3.8) is 0 Å². The molecule has 0 unspecified atom stereocenters. The van der Waals surface area contributed by atoms with Gasteiger partial charge in [-0.2, -0.15) is 10.2 Å². The van der Waals surface area contributed by atoms with E-state index in [9.17, 15) is 0 Å². The zero-order valence-corrected chi connectivity index (χ0v) is 12.0. The number of nitrogens with one attached hydrogen (secondary N) is 1. The highest BCUT2D eigenvalue weighted by Crippen LogP contribution is 2.19. The Balaban J connectivity index is 2.20. The Hall–Kier alpha value is -1.89. The van der Waals surface area contributed by atoms with Crippen LogP contribution in [-0.2, 0) is 20.1 Å². The predicted molar refractivity (Wildman–Crippen MR) is 75.6 cm³/mol. The Morgan fingerprint density at radius 2 is 2.21 bits per heavy atom. The summed E-state index contributed by atoms with van der Waals surface area (Å²) in [5.74, 6) is 0. The summed E-state index contributed by atoms with van der Waals surface area (Å²) in [6.07, 6.45) is 1.80. The topological polar surface area (TPSA) is 56.4 Å². The lowest BCUT2D eigenvalue weighted by Gasteiger charge is -2.06. The minimum Gasteiger partial charge on any atom is -0.328 e. The number of hydrogen-bond donors (Lipinski definition) is 1. The molecule has 3 rings (SSSR count). The summed E-state index contributed by atoms with van der Waals surface area (Å²) in [5.41, 5.74) is 4.16. The molecule has 3 aromatic rings. The zero-order chi connectivity index (χ0) is 13.6. The minimum absolute atomic E-state index is 0.695. The summed E-state index contributed by atoms with van der Waals surface area (Å²) in [5, 5.41) is 8.71. The number of nitrogens with zero attached hydrogens (tertiary/aromatic N) is 5. The molecule has 0 atom stereocenters. The SMILES string of the molecule is CCn1nc(C)c2[nH]c(=S)n(Cc3ccnn3C)c21. The van der Waals surface area contributed by atoms with Crippen molar-refractivity contribution in [2.45, 2.75) is 26.9 Å². The number of imidazole rings is 1. The molecule has 19 heavy (non-hydrogen) atoms. The van der Waals surface area contributed by atoms with Gasteiger partial charge < -0.3 is 4.98 Å². The third kappa shape index (κ3) is 1.81. The maximum absolute atomic E-state index is 5.43. The first-order valence-corrected chi connectivity index (χ1v) is 6.65. The number of fused-ring (bicyclic) bond motifs is 1. The lowest BCUT2D eigenvalue weighted by Crippen LogP contribution is -2.09. The molecule has 0 aliphatic rings. The summed E-state index contributed by atoms with van der Waals surface area (Å²) in [6.45, 7) is 5.59. The highest BCUT2D eigenvalue weighted by atomic mass is 32.1. The van der Waals surface area contributed by atoms with E-state index in [0.29, 0.717) is 6.54 Å². The summed E-state index contributed by atoms with van der Waals surface area (Å²) in [4.78, 5) is 3.25. The van der Waals surface area contributed by atoms with Crippen molar-refractivity contribution >= 4 is 23.4 Å². The van der Waals surface area contributed by atoms with Crippen LogP contribution in [0.1, 0.15) is 18.3 Å². The van der Waals surface area contributed by atoms with E-state index in [1.54, 1.807) is 6.20 Å². The minimum atomic E-state index is 0.695. The van der Waals surface area contributed by atoms with Gasteiger partial charge in [-0.1, -0.05) is 0 Å². The molecule has 0 amide bonds. The van der Waals surface area contributed by atoms with E-state index in [-0.39, 0.29) is 0 Å². The fraction of sp³-hybridized carbons (Fsp3) is 0.417. The molecular formula is C12H16N6S. The second-order valence-electron chi connectivity index (χ2n) is 4.56. The fourth-order valence-electron chi connectivity index (χ4n) is 2.35. The summed E-state index contributed by atoms with van der Waals surface area (Å²) < 4.78 is 6.64. The second-order valence-corrected chi connectivity index (χ2v) is 4.95. The second kappa shape index (κ2) is 4.34. The Bertz CT molecular complexity index is 787. The van der Waals surface area contributed by atoms with E-state index in [0.717, 1.165) is 33.9 Å². The fourth-order valence-corrected chi connectivity index (χ4v) is 2.60. The van der Waals surface area contributed by atoms with Crippen LogP contribution >= 0.6 is 12.2 Å². The van der Waals surface area contributed by atoms with Crippen LogP contribution in [0.5, 0.6) is 0 Å². The lowest BCUT2D eigenvalue weighted by atomic mass is 10.4. The number of aromatic nitrogens is 6. The van der Waals surface area contributed by atoms with Crippen molar-refractivity contribution in [3.8, 4) is 0 Å². The van der Waals surface area contributed by atoms with Crippen LogP contribution in [0.15, 0.2) is 12.3 Å². The molecule has 0 spiro atoms. The van der Waals surface area contributed by atoms with Crippen LogP contribution in [-0.4, -0.2) is 29.1 Å². The third-order valence-corrected chi connectivity index (χ3v) is 3.70. The molecule has 0 aromatic carbocycles.